The molecule has 0 rings (SSSR count). The monoisotopic (exact) mass is 171 g/mol. The summed E-state index contributed by atoms with van der Waals surface area (Å²) in [6, 6.07) is 0. The molecule has 0 aromatic carbocycles. The fourth-order valence-corrected chi connectivity index (χ4v) is 0.471. The number of nitro groups is 1. The van der Waals surface area contributed by atoms with Crippen LogP contribution in [0, 0.1) is 10.1 Å². The lowest BCUT2D eigenvalue weighted by molar-refractivity contribution is -0.424. The topological polar surface area (TPSA) is 104 Å². The second kappa shape index (κ2) is 4.14. The first-order valence-corrected chi connectivity index (χ1v) is 2.85. The normalized spacial score (nSPS) is 10.6. The molecule has 0 aliphatic carbocycles. The summed E-state index contributed by atoms with van der Waals surface area (Å²) in [5.74, 6) is 4.40. The van der Waals surface area contributed by atoms with Crippen molar-refractivity contribution in [3.05, 3.63) is 46.5 Å². The summed E-state index contributed by atoms with van der Waals surface area (Å²) in [5, 5.41) is 10.3. The lowest BCUT2D eigenvalue weighted by Gasteiger charge is -1.99. The van der Waals surface area contributed by atoms with Crippen molar-refractivity contribution in [2.75, 3.05) is 0 Å². The Morgan fingerprint density at radius 1 is 1.58 bits per heavy atom. The molecule has 0 aromatic rings. The first-order valence-electron chi connectivity index (χ1n) is 2.85. The molecule has 0 fully saturated rings. The van der Waals surface area contributed by atoms with Gasteiger partial charge in [-0.1, -0.05) is 6.58 Å². The Bertz CT molecular complexity index is 257. The van der Waals surface area contributed by atoms with Crippen molar-refractivity contribution in [1.82, 2.24) is 0 Å². The number of hydrogen-bond donors (Lipinski definition) is 2. The zero-order valence-corrected chi connectivity index (χ0v) is 6.32. The first kappa shape index (κ1) is 10.2. The molecule has 6 nitrogen and oxygen atoms in total. The van der Waals surface area contributed by atoms with Gasteiger partial charge in [0.15, 0.2) is 0 Å². The molecule has 4 N–H and O–H groups in total. The summed E-state index contributed by atoms with van der Waals surface area (Å²) in [6.45, 7) is 6.45. The third-order valence-electron chi connectivity index (χ3n) is 0.947. The number of allylic oxidation sites excluding steroid dienone is 1. The Morgan fingerprint density at radius 2 is 2.08 bits per heavy atom. The van der Waals surface area contributed by atoms with Gasteiger partial charge >= 0.3 is 5.70 Å². The number of nitrogens with zero attached hydrogens (tertiary/aromatic N) is 1. The zero-order valence-electron chi connectivity index (χ0n) is 6.32. The molecule has 0 bridgehead atoms. The van der Waals surface area contributed by atoms with Crippen LogP contribution in [0.1, 0.15) is 0 Å². The Balaban J connectivity index is 4.79. The Kier molecular flexibility index (Phi) is 3.51. The lowest BCUT2D eigenvalue weighted by atomic mass is 10.3. The van der Waals surface area contributed by atoms with Crippen LogP contribution in [0.4, 0.5) is 0 Å². The lowest BCUT2D eigenvalue weighted by Crippen LogP contribution is -2.09. The number of rotatable bonds is 4. The van der Waals surface area contributed by atoms with Gasteiger partial charge in [0.25, 0.3) is 0 Å². The quantitative estimate of drug-likeness (QED) is 0.268. The number of hydrogen-bond acceptors (Lipinski definition) is 5. The van der Waals surface area contributed by atoms with Gasteiger partial charge in [-0.05, 0) is 6.58 Å². The van der Waals surface area contributed by atoms with Gasteiger partial charge in [0.2, 0.25) is 5.76 Å². The van der Waals surface area contributed by atoms with Crippen LogP contribution in [0.25, 0.3) is 0 Å². The van der Waals surface area contributed by atoms with Crippen LogP contribution in [0.15, 0.2) is 36.4 Å². The summed E-state index contributed by atoms with van der Waals surface area (Å²) in [4.78, 5) is 13.6. The van der Waals surface area contributed by atoms with E-state index in [1.165, 1.54) is 0 Å². The van der Waals surface area contributed by atoms with E-state index in [4.69, 9.17) is 5.73 Å². The molecule has 6 heteroatoms. The van der Waals surface area contributed by atoms with E-state index in [9.17, 15) is 10.1 Å². The molecule has 0 unspecified atom stereocenters. The van der Waals surface area contributed by atoms with Crippen molar-refractivity contribution >= 4 is 0 Å². The van der Waals surface area contributed by atoms with Crippen LogP contribution < -0.4 is 11.6 Å². The van der Waals surface area contributed by atoms with E-state index in [2.05, 4.69) is 23.9 Å². The van der Waals surface area contributed by atoms with Crippen molar-refractivity contribution in [2.24, 2.45) is 11.6 Å². The molecule has 12 heavy (non-hydrogen) atoms. The van der Waals surface area contributed by atoms with Crippen LogP contribution in [-0.4, -0.2) is 4.92 Å². The van der Waals surface area contributed by atoms with E-state index in [0.717, 1.165) is 6.08 Å². The fourth-order valence-electron chi connectivity index (χ4n) is 0.471. The van der Waals surface area contributed by atoms with Crippen LogP contribution in [-0.2, 0) is 4.84 Å². The molecule has 0 atom stereocenters. The van der Waals surface area contributed by atoms with E-state index in [1.54, 1.807) is 0 Å². The highest BCUT2D eigenvalue weighted by atomic mass is 16.6. The second-order valence-corrected chi connectivity index (χ2v) is 1.90. The Morgan fingerprint density at radius 3 is 2.33 bits per heavy atom. The molecule has 0 amide bonds. The Hall–Kier alpha value is -1.82. The molecule has 0 aliphatic rings. The van der Waals surface area contributed by atoms with E-state index < -0.39 is 10.6 Å². The molecule has 0 saturated carbocycles. The average Bonchev–Trinajstić information content (AvgIpc) is 1.98. The molecular formula is C6H9N3O3. The van der Waals surface area contributed by atoms with Gasteiger partial charge in [0.05, 0.1) is 4.92 Å². The molecule has 0 aromatic heterocycles. The highest BCUT2D eigenvalue weighted by Gasteiger charge is 2.16. The highest BCUT2D eigenvalue weighted by Crippen LogP contribution is 2.08. The molecule has 66 valence electrons. The van der Waals surface area contributed by atoms with E-state index in [0.29, 0.717) is 0 Å². The first-order chi connectivity index (χ1) is 5.49. The maximum atomic E-state index is 10.3. The summed E-state index contributed by atoms with van der Waals surface area (Å²) in [7, 11) is 0. The summed E-state index contributed by atoms with van der Waals surface area (Å²) in [5.41, 5.74) is 4.73. The van der Waals surface area contributed by atoms with Crippen molar-refractivity contribution in [1.29, 1.82) is 0 Å². The minimum Gasteiger partial charge on any atom is -0.405 e. The van der Waals surface area contributed by atoms with Gasteiger partial charge < -0.3 is 10.6 Å². The van der Waals surface area contributed by atoms with Crippen molar-refractivity contribution < 1.29 is 9.76 Å². The molecule has 0 heterocycles. The van der Waals surface area contributed by atoms with Crippen molar-refractivity contribution in [2.45, 2.75) is 0 Å². The van der Waals surface area contributed by atoms with Crippen LogP contribution in [0.5, 0.6) is 0 Å². The largest absolute Gasteiger partial charge is 0.405 e. The molecule has 0 spiro atoms. The van der Waals surface area contributed by atoms with E-state index >= 15 is 0 Å². The van der Waals surface area contributed by atoms with Gasteiger partial charge in [0.1, 0.15) is 0 Å². The van der Waals surface area contributed by atoms with Crippen LogP contribution in [0.3, 0.4) is 0 Å². The molecule has 0 radical (unpaired) electrons. The highest BCUT2D eigenvalue weighted by molar-refractivity contribution is 5.24. The predicted molar refractivity (Wildman–Crippen MR) is 42.8 cm³/mol. The van der Waals surface area contributed by atoms with Crippen molar-refractivity contribution in [3.63, 3.8) is 0 Å². The van der Waals surface area contributed by atoms with E-state index in [1.807, 2.05) is 0 Å². The summed E-state index contributed by atoms with van der Waals surface area (Å²) < 4.78 is 0. The molecule has 0 saturated heterocycles. The zero-order chi connectivity index (χ0) is 9.72. The third kappa shape index (κ3) is 2.84. The third-order valence-corrected chi connectivity index (χ3v) is 0.947. The molecule has 0 aliphatic heterocycles. The van der Waals surface area contributed by atoms with Gasteiger partial charge in [0, 0.05) is 11.8 Å². The Labute approximate surface area is 68.9 Å². The summed E-state index contributed by atoms with van der Waals surface area (Å²) in [6.07, 6.45) is 1.01. The fraction of sp³-hybridized carbons (Fsp3) is 0. The van der Waals surface area contributed by atoms with Gasteiger partial charge in [-0.15, -0.1) is 0 Å². The SMILES string of the molecule is C=C(N)/C=C(\C(=C)ON)[N+](=O)[O-]. The van der Waals surface area contributed by atoms with Gasteiger partial charge in [-0.2, -0.15) is 5.90 Å². The standard InChI is InChI=1S/C6H9N3O3/c1-4(7)3-6(9(10)11)5(2)12-8/h3H,1-2,7-8H2/b6-3+. The van der Waals surface area contributed by atoms with Gasteiger partial charge in [-0.3, -0.25) is 10.1 Å². The maximum Gasteiger partial charge on any atom is 0.314 e. The minimum atomic E-state index is -0.715. The number of nitrogens with two attached hydrogens (primary N) is 2. The minimum absolute atomic E-state index is 0.0277. The van der Waals surface area contributed by atoms with Crippen molar-refractivity contribution in [3.8, 4) is 0 Å². The smallest absolute Gasteiger partial charge is 0.314 e. The summed E-state index contributed by atoms with van der Waals surface area (Å²) >= 11 is 0. The predicted octanol–water partition coefficient (Wildman–Crippen LogP) is 0.0234. The van der Waals surface area contributed by atoms with Crippen LogP contribution in [0.2, 0.25) is 0 Å². The van der Waals surface area contributed by atoms with E-state index in [-0.39, 0.29) is 11.5 Å². The second-order valence-electron chi connectivity index (χ2n) is 1.90. The van der Waals surface area contributed by atoms with Crippen LogP contribution >= 0.6 is 0 Å². The maximum absolute atomic E-state index is 10.3. The van der Waals surface area contributed by atoms with Gasteiger partial charge in [-0.25, -0.2) is 0 Å². The molecular weight excluding hydrogens is 162 g/mol. The average molecular weight is 171 g/mol.